The number of nitrogens with one attached hydrogen (secondary N) is 2. The van der Waals surface area contributed by atoms with Gasteiger partial charge in [0.15, 0.2) is 17.4 Å². The SMILES string of the molecule is Cc1nc2cc(C(=O)NCCC(C)(C)C)nn2c(-c2cc3c(cc2F)OCCN3)c1C(OC(C)(C)C)C(=O)O. The Bertz CT molecular complexity index is 1420. The molecule has 0 saturated carbocycles. The lowest BCUT2D eigenvalue weighted by Gasteiger charge is -2.28. The molecule has 3 heterocycles. The van der Waals surface area contributed by atoms with E-state index in [9.17, 15) is 14.7 Å². The van der Waals surface area contributed by atoms with Crippen molar-refractivity contribution in [2.24, 2.45) is 5.41 Å². The van der Waals surface area contributed by atoms with Crippen molar-refractivity contribution >= 4 is 23.2 Å². The van der Waals surface area contributed by atoms with Crippen LogP contribution in [0.5, 0.6) is 5.75 Å². The molecule has 10 nitrogen and oxygen atoms in total. The van der Waals surface area contributed by atoms with Crippen molar-refractivity contribution in [1.82, 2.24) is 19.9 Å². The zero-order valence-corrected chi connectivity index (χ0v) is 23.4. The van der Waals surface area contributed by atoms with Gasteiger partial charge in [-0.3, -0.25) is 4.79 Å². The first-order valence-corrected chi connectivity index (χ1v) is 12.9. The monoisotopic (exact) mass is 541 g/mol. The number of carbonyl (C=O) groups is 2. The molecule has 2 aromatic heterocycles. The third-order valence-electron chi connectivity index (χ3n) is 6.18. The highest BCUT2D eigenvalue weighted by Gasteiger charge is 2.34. The van der Waals surface area contributed by atoms with Gasteiger partial charge in [0.2, 0.25) is 0 Å². The summed E-state index contributed by atoms with van der Waals surface area (Å²) in [6.45, 7) is 14.4. The number of benzene rings is 1. The molecular weight excluding hydrogens is 505 g/mol. The van der Waals surface area contributed by atoms with E-state index < -0.39 is 29.4 Å². The average molecular weight is 542 g/mol. The number of halogens is 1. The molecule has 1 aliphatic rings. The van der Waals surface area contributed by atoms with Gasteiger partial charge >= 0.3 is 5.97 Å². The molecule has 4 rings (SSSR count). The molecule has 1 aliphatic heterocycles. The number of aromatic nitrogens is 3. The first-order chi connectivity index (χ1) is 18.1. The van der Waals surface area contributed by atoms with E-state index in [1.54, 1.807) is 33.8 Å². The minimum absolute atomic E-state index is 0.0353. The molecule has 0 bridgehead atoms. The second kappa shape index (κ2) is 10.4. The van der Waals surface area contributed by atoms with Gasteiger partial charge in [0.1, 0.15) is 18.2 Å². The number of aliphatic carboxylic acids is 1. The summed E-state index contributed by atoms with van der Waals surface area (Å²) in [5.74, 6) is -1.96. The summed E-state index contributed by atoms with van der Waals surface area (Å²) in [5.41, 5.74) is 0.771. The summed E-state index contributed by atoms with van der Waals surface area (Å²) < 4.78 is 28.6. The van der Waals surface area contributed by atoms with Crippen LogP contribution in [0.15, 0.2) is 18.2 Å². The number of rotatable bonds is 7. The Morgan fingerprint density at radius 1 is 1.23 bits per heavy atom. The van der Waals surface area contributed by atoms with Gasteiger partial charge in [-0.15, -0.1) is 0 Å². The first-order valence-electron chi connectivity index (χ1n) is 12.9. The van der Waals surface area contributed by atoms with Crippen LogP contribution in [0.2, 0.25) is 0 Å². The van der Waals surface area contributed by atoms with Gasteiger partial charge in [-0.1, -0.05) is 20.8 Å². The van der Waals surface area contributed by atoms with Crippen LogP contribution in [0.4, 0.5) is 10.1 Å². The van der Waals surface area contributed by atoms with E-state index in [1.807, 2.05) is 0 Å². The highest BCUT2D eigenvalue weighted by Crippen LogP contribution is 2.40. The number of fused-ring (bicyclic) bond motifs is 2. The van der Waals surface area contributed by atoms with Crippen molar-refractivity contribution in [2.45, 2.75) is 66.6 Å². The van der Waals surface area contributed by atoms with Gasteiger partial charge in [-0.2, -0.15) is 5.10 Å². The summed E-state index contributed by atoms with van der Waals surface area (Å²) in [4.78, 5) is 30.0. The van der Waals surface area contributed by atoms with Gasteiger partial charge in [0, 0.05) is 42.0 Å². The largest absolute Gasteiger partial charge is 0.489 e. The predicted octanol–water partition coefficient (Wildman–Crippen LogP) is 4.75. The zero-order valence-electron chi connectivity index (χ0n) is 23.4. The van der Waals surface area contributed by atoms with Crippen LogP contribution in [-0.4, -0.2) is 56.9 Å². The summed E-state index contributed by atoms with van der Waals surface area (Å²) in [6.07, 6.45) is -0.719. The molecule has 0 spiro atoms. The third kappa shape index (κ3) is 6.30. The van der Waals surface area contributed by atoms with Gasteiger partial charge < -0.3 is 25.2 Å². The van der Waals surface area contributed by atoms with Crippen LogP contribution in [0.1, 0.15) is 75.8 Å². The van der Waals surface area contributed by atoms with Gasteiger partial charge in [-0.05, 0) is 45.6 Å². The van der Waals surface area contributed by atoms with E-state index in [0.717, 1.165) is 6.42 Å². The van der Waals surface area contributed by atoms with Crippen LogP contribution >= 0.6 is 0 Å². The molecule has 0 aliphatic carbocycles. The normalized spacial score (nSPS) is 14.4. The van der Waals surface area contributed by atoms with Gasteiger partial charge in [-0.25, -0.2) is 18.7 Å². The van der Waals surface area contributed by atoms with Crippen molar-refractivity contribution in [3.8, 4) is 17.0 Å². The van der Waals surface area contributed by atoms with Crippen molar-refractivity contribution in [1.29, 1.82) is 0 Å². The molecule has 210 valence electrons. The second-order valence-corrected chi connectivity index (χ2v) is 11.9. The molecule has 1 amide bonds. The maximum Gasteiger partial charge on any atom is 0.337 e. The Kier molecular flexibility index (Phi) is 7.57. The molecule has 39 heavy (non-hydrogen) atoms. The fourth-order valence-electron chi connectivity index (χ4n) is 4.39. The number of anilines is 1. The molecule has 0 saturated heterocycles. The number of carboxylic acids is 1. The Balaban J connectivity index is 1.93. The topological polar surface area (TPSA) is 127 Å². The number of amides is 1. The van der Waals surface area contributed by atoms with Crippen molar-refractivity contribution in [2.75, 3.05) is 25.0 Å². The quantitative estimate of drug-likeness (QED) is 0.391. The second-order valence-electron chi connectivity index (χ2n) is 11.9. The maximum absolute atomic E-state index is 15.7. The van der Waals surface area contributed by atoms with Crippen molar-refractivity contribution in [3.63, 3.8) is 0 Å². The number of carbonyl (C=O) groups excluding carboxylic acids is 1. The van der Waals surface area contributed by atoms with Gasteiger partial charge in [0.05, 0.1) is 17.0 Å². The maximum atomic E-state index is 15.7. The summed E-state index contributed by atoms with van der Waals surface area (Å²) >= 11 is 0. The smallest absolute Gasteiger partial charge is 0.337 e. The third-order valence-corrected chi connectivity index (χ3v) is 6.18. The Labute approximate surface area is 226 Å². The number of hydrogen-bond donors (Lipinski definition) is 3. The Morgan fingerprint density at radius 2 is 1.95 bits per heavy atom. The van der Waals surface area contributed by atoms with E-state index in [-0.39, 0.29) is 33.6 Å². The number of aryl methyl sites for hydroxylation is 1. The van der Waals surface area contributed by atoms with Crippen LogP contribution in [0, 0.1) is 18.2 Å². The fraction of sp³-hybridized carbons (Fsp3) is 0.500. The lowest BCUT2D eigenvalue weighted by Crippen LogP contribution is -2.29. The van der Waals surface area contributed by atoms with Crippen LogP contribution in [0.3, 0.4) is 0 Å². The highest BCUT2D eigenvalue weighted by molar-refractivity contribution is 5.93. The number of ether oxygens (including phenoxy) is 2. The fourth-order valence-corrected chi connectivity index (χ4v) is 4.39. The molecule has 11 heteroatoms. The minimum atomic E-state index is -1.48. The van der Waals surface area contributed by atoms with E-state index >= 15 is 4.39 Å². The van der Waals surface area contributed by atoms with Crippen molar-refractivity contribution in [3.05, 3.63) is 41.0 Å². The lowest BCUT2D eigenvalue weighted by molar-refractivity contribution is -0.160. The molecule has 0 radical (unpaired) electrons. The van der Waals surface area contributed by atoms with E-state index in [1.165, 1.54) is 16.6 Å². The van der Waals surface area contributed by atoms with Crippen LogP contribution in [-0.2, 0) is 9.53 Å². The molecule has 1 aromatic carbocycles. The summed E-state index contributed by atoms with van der Waals surface area (Å²) in [5, 5.41) is 20.7. The van der Waals surface area contributed by atoms with Crippen LogP contribution in [0.25, 0.3) is 16.9 Å². The standard InChI is InChI=1S/C28H36FN5O5/c1-15-22(24(26(36)37)39-28(5,6)7)23(16-12-18-20(13-17(16)29)38-11-10-30-18)34-21(32-15)14-19(33-34)25(35)31-9-8-27(2,3)4/h12-14,24,30H,8-11H2,1-7H3,(H,31,35)(H,36,37). The van der Waals surface area contributed by atoms with Crippen molar-refractivity contribution < 1.29 is 28.6 Å². The first kappa shape index (κ1) is 28.3. The predicted molar refractivity (Wildman–Crippen MR) is 145 cm³/mol. The molecule has 3 N–H and O–H groups in total. The van der Waals surface area contributed by atoms with E-state index in [0.29, 0.717) is 36.8 Å². The number of carboxylic acid groups (broad SMARTS) is 1. The molecule has 0 fully saturated rings. The van der Waals surface area contributed by atoms with Gasteiger partial charge in [0.25, 0.3) is 5.91 Å². The van der Waals surface area contributed by atoms with E-state index in [4.69, 9.17) is 9.47 Å². The summed E-state index contributed by atoms with van der Waals surface area (Å²) in [7, 11) is 0. The lowest BCUT2D eigenvalue weighted by atomic mass is 9.92. The molecular formula is C28H36FN5O5. The summed E-state index contributed by atoms with van der Waals surface area (Å²) in [6, 6.07) is 4.32. The number of hydrogen-bond acceptors (Lipinski definition) is 7. The average Bonchev–Trinajstić information content (AvgIpc) is 3.24. The number of nitrogens with zero attached hydrogens (tertiary/aromatic N) is 3. The Hall–Kier alpha value is -3.73. The molecule has 1 atom stereocenters. The minimum Gasteiger partial charge on any atom is -0.489 e. The highest BCUT2D eigenvalue weighted by atomic mass is 19.1. The molecule has 3 aromatic rings. The molecule has 1 unspecified atom stereocenters. The van der Waals surface area contributed by atoms with Crippen LogP contribution < -0.4 is 15.4 Å². The zero-order chi connectivity index (χ0) is 28.7. The van der Waals surface area contributed by atoms with E-state index in [2.05, 4.69) is 41.5 Å². The Morgan fingerprint density at radius 3 is 2.59 bits per heavy atom.